The highest BCUT2D eigenvalue weighted by molar-refractivity contribution is 5.91. The van der Waals surface area contributed by atoms with Crippen molar-refractivity contribution in [3.63, 3.8) is 0 Å². The molecule has 0 saturated carbocycles. The second kappa shape index (κ2) is 10.3. The fraction of sp³-hybridized carbons (Fsp3) is 0.545. The Balaban J connectivity index is 1.90. The maximum atomic E-state index is 10.3. The summed E-state index contributed by atoms with van der Waals surface area (Å²) in [6.07, 6.45) is 7.98. The quantitative estimate of drug-likeness (QED) is 0.419. The van der Waals surface area contributed by atoms with Gasteiger partial charge in [-0.1, -0.05) is 51.0 Å². The van der Waals surface area contributed by atoms with E-state index in [9.17, 15) is 10.2 Å². The Morgan fingerprint density at radius 1 is 0.800 bits per heavy atom. The highest BCUT2D eigenvalue weighted by Crippen LogP contribution is 2.37. The van der Waals surface area contributed by atoms with E-state index >= 15 is 0 Å². The van der Waals surface area contributed by atoms with Crippen LogP contribution in [0.4, 0.5) is 0 Å². The third-order valence-electron chi connectivity index (χ3n) is 4.90. The Morgan fingerprint density at radius 2 is 1.44 bits per heavy atom. The molecule has 2 N–H and O–H groups in total. The first-order valence-electron chi connectivity index (χ1n) is 9.82. The highest BCUT2D eigenvalue weighted by atomic mass is 16.3. The van der Waals surface area contributed by atoms with Crippen molar-refractivity contribution in [1.29, 1.82) is 0 Å². The first-order valence-corrected chi connectivity index (χ1v) is 9.82. The normalized spacial score (nSPS) is 11.5. The number of aryl methyl sites for hydroxylation is 1. The Hall–Kier alpha value is -1.74. The molecule has 2 aromatic carbocycles. The summed E-state index contributed by atoms with van der Waals surface area (Å²) in [5, 5.41) is 22.2. The van der Waals surface area contributed by atoms with Crippen molar-refractivity contribution in [3.05, 3.63) is 35.9 Å². The van der Waals surface area contributed by atoms with Gasteiger partial charge in [0.25, 0.3) is 0 Å². The number of hydrogen-bond acceptors (Lipinski definition) is 3. The van der Waals surface area contributed by atoms with Gasteiger partial charge in [-0.15, -0.1) is 0 Å². The van der Waals surface area contributed by atoms with Crippen LogP contribution in [0.25, 0.3) is 10.8 Å². The largest absolute Gasteiger partial charge is 0.504 e. The van der Waals surface area contributed by atoms with E-state index in [1.165, 1.54) is 38.8 Å². The van der Waals surface area contributed by atoms with Crippen molar-refractivity contribution in [3.8, 4) is 11.5 Å². The molecule has 3 heteroatoms. The maximum absolute atomic E-state index is 10.3. The van der Waals surface area contributed by atoms with Gasteiger partial charge in [0.2, 0.25) is 0 Å². The summed E-state index contributed by atoms with van der Waals surface area (Å²) in [5.74, 6) is 0.0631. The van der Waals surface area contributed by atoms with Gasteiger partial charge in [-0.05, 0) is 68.8 Å². The zero-order valence-corrected chi connectivity index (χ0v) is 15.8. The molecule has 0 fully saturated rings. The molecule has 0 heterocycles. The molecule has 0 atom stereocenters. The van der Waals surface area contributed by atoms with E-state index < -0.39 is 0 Å². The maximum Gasteiger partial charge on any atom is 0.165 e. The van der Waals surface area contributed by atoms with E-state index in [1.807, 2.05) is 30.3 Å². The van der Waals surface area contributed by atoms with Gasteiger partial charge in [-0.25, -0.2) is 0 Å². The van der Waals surface area contributed by atoms with Crippen molar-refractivity contribution in [2.45, 2.75) is 58.8 Å². The highest BCUT2D eigenvalue weighted by Gasteiger charge is 2.11. The molecule has 3 nitrogen and oxygen atoms in total. The van der Waals surface area contributed by atoms with Crippen molar-refractivity contribution in [1.82, 2.24) is 4.90 Å². The van der Waals surface area contributed by atoms with Crippen molar-refractivity contribution >= 4 is 10.8 Å². The van der Waals surface area contributed by atoms with Crippen LogP contribution in [-0.4, -0.2) is 34.7 Å². The number of phenolic OH excluding ortho intramolecular Hbond substituents is 2. The van der Waals surface area contributed by atoms with Gasteiger partial charge in [0.05, 0.1) is 0 Å². The van der Waals surface area contributed by atoms with E-state index in [-0.39, 0.29) is 11.5 Å². The van der Waals surface area contributed by atoms with Gasteiger partial charge in [0.1, 0.15) is 0 Å². The minimum atomic E-state index is 0.0145. The molecule has 0 aliphatic heterocycles. The average Bonchev–Trinajstić information content (AvgIpc) is 2.64. The molecule has 0 saturated heterocycles. The Kier molecular flexibility index (Phi) is 8.07. The number of rotatable bonds is 11. The molecule has 2 aromatic rings. The zero-order valence-electron chi connectivity index (χ0n) is 15.8. The SMILES string of the molecule is CCCCN(CCCC)CCCCc1cc2ccccc2c(O)c1O. The van der Waals surface area contributed by atoms with Gasteiger partial charge in [0, 0.05) is 5.39 Å². The monoisotopic (exact) mass is 343 g/mol. The molecule has 138 valence electrons. The minimum absolute atomic E-state index is 0.0145. The number of aromatic hydroxyl groups is 2. The van der Waals surface area contributed by atoms with Gasteiger partial charge < -0.3 is 15.1 Å². The number of fused-ring (bicyclic) bond motifs is 1. The molecular formula is C22H33NO2. The molecule has 0 radical (unpaired) electrons. The summed E-state index contributed by atoms with van der Waals surface area (Å²) in [4.78, 5) is 2.57. The Labute approximate surface area is 152 Å². The molecule has 0 spiro atoms. The molecule has 0 bridgehead atoms. The van der Waals surface area contributed by atoms with Gasteiger partial charge in [-0.3, -0.25) is 0 Å². The molecule has 0 aliphatic carbocycles. The third-order valence-corrected chi connectivity index (χ3v) is 4.90. The van der Waals surface area contributed by atoms with Crippen LogP contribution < -0.4 is 0 Å². The lowest BCUT2D eigenvalue weighted by Gasteiger charge is -2.21. The molecule has 2 rings (SSSR count). The summed E-state index contributed by atoms with van der Waals surface area (Å²) in [6, 6.07) is 9.67. The number of benzene rings is 2. The van der Waals surface area contributed by atoms with Crippen LogP contribution in [0, 0.1) is 0 Å². The first kappa shape index (κ1) is 19.6. The first-order chi connectivity index (χ1) is 12.2. The van der Waals surface area contributed by atoms with Crippen molar-refractivity contribution in [2.24, 2.45) is 0 Å². The number of unbranched alkanes of at least 4 members (excludes halogenated alkanes) is 3. The number of phenols is 2. The molecule has 0 unspecified atom stereocenters. The Bertz CT molecular complexity index is 646. The fourth-order valence-corrected chi connectivity index (χ4v) is 3.31. The fourth-order valence-electron chi connectivity index (χ4n) is 3.31. The lowest BCUT2D eigenvalue weighted by Crippen LogP contribution is -2.27. The van der Waals surface area contributed by atoms with Crippen molar-refractivity contribution < 1.29 is 10.2 Å². The zero-order chi connectivity index (χ0) is 18.1. The van der Waals surface area contributed by atoms with Crippen molar-refractivity contribution in [2.75, 3.05) is 19.6 Å². The minimum Gasteiger partial charge on any atom is -0.504 e. The lowest BCUT2D eigenvalue weighted by atomic mass is 10.0. The molecule has 25 heavy (non-hydrogen) atoms. The summed E-state index contributed by atoms with van der Waals surface area (Å²) < 4.78 is 0. The van der Waals surface area contributed by atoms with E-state index in [2.05, 4.69) is 18.7 Å². The lowest BCUT2D eigenvalue weighted by molar-refractivity contribution is 0.260. The van der Waals surface area contributed by atoms with Crippen LogP contribution in [0.5, 0.6) is 11.5 Å². The molecule has 0 aromatic heterocycles. The summed E-state index contributed by atoms with van der Waals surface area (Å²) in [6.45, 7) is 8.00. The third kappa shape index (κ3) is 5.64. The summed E-state index contributed by atoms with van der Waals surface area (Å²) in [7, 11) is 0. The van der Waals surface area contributed by atoms with Crippen LogP contribution in [0.3, 0.4) is 0 Å². The predicted molar refractivity (Wildman–Crippen MR) is 106 cm³/mol. The number of nitrogens with zero attached hydrogens (tertiary/aromatic N) is 1. The van der Waals surface area contributed by atoms with Crippen LogP contribution in [0.15, 0.2) is 30.3 Å². The Morgan fingerprint density at radius 3 is 2.12 bits per heavy atom. The van der Waals surface area contributed by atoms with Crippen LogP contribution in [0.1, 0.15) is 57.9 Å². The smallest absolute Gasteiger partial charge is 0.165 e. The van der Waals surface area contributed by atoms with Crippen LogP contribution in [0.2, 0.25) is 0 Å². The molecular weight excluding hydrogens is 310 g/mol. The predicted octanol–water partition coefficient (Wildman–Crippen LogP) is 5.48. The van der Waals surface area contributed by atoms with E-state index in [0.717, 1.165) is 36.8 Å². The average molecular weight is 344 g/mol. The summed E-state index contributed by atoms with van der Waals surface area (Å²) >= 11 is 0. The number of hydrogen-bond donors (Lipinski definition) is 2. The van der Waals surface area contributed by atoms with Gasteiger partial charge in [-0.2, -0.15) is 0 Å². The van der Waals surface area contributed by atoms with Gasteiger partial charge in [0.15, 0.2) is 11.5 Å². The van der Waals surface area contributed by atoms with E-state index in [1.54, 1.807) is 0 Å². The van der Waals surface area contributed by atoms with Crippen LogP contribution in [-0.2, 0) is 6.42 Å². The van der Waals surface area contributed by atoms with E-state index in [0.29, 0.717) is 5.39 Å². The topological polar surface area (TPSA) is 43.7 Å². The second-order valence-electron chi connectivity index (χ2n) is 6.96. The molecule has 0 amide bonds. The van der Waals surface area contributed by atoms with Gasteiger partial charge >= 0.3 is 0 Å². The van der Waals surface area contributed by atoms with E-state index in [4.69, 9.17) is 0 Å². The molecule has 0 aliphatic rings. The second-order valence-corrected chi connectivity index (χ2v) is 6.96. The van der Waals surface area contributed by atoms with Crippen LogP contribution >= 0.6 is 0 Å². The summed E-state index contributed by atoms with van der Waals surface area (Å²) in [5.41, 5.74) is 0.852. The standard InChI is InChI=1S/C22H33NO2/c1-3-5-14-23(15-6-4-2)16-10-9-12-19-17-18-11-7-8-13-20(18)22(25)21(19)24/h7-8,11,13,17,24-25H,3-6,9-10,12,14-16H2,1-2H3.